The van der Waals surface area contributed by atoms with Gasteiger partial charge >= 0.3 is 0 Å². The highest BCUT2D eigenvalue weighted by atomic mass is 32.2. The van der Waals surface area contributed by atoms with E-state index in [4.69, 9.17) is 4.42 Å². The molecule has 2 rings (SSSR count). The Kier molecular flexibility index (Phi) is 3.63. The zero-order valence-electron chi connectivity index (χ0n) is 11.3. The normalized spacial score (nSPS) is 11.3. The summed E-state index contributed by atoms with van der Waals surface area (Å²) in [5, 5.41) is 0. The van der Waals surface area contributed by atoms with Crippen molar-refractivity contribution in [2.75, 3.05) is 0 Å². The number of nitrogens with zero attached hydrogens (tertiary/aromatic N) is 1. The van der Waals surface area contributed by atoms with E-state index >= 15 is 0 Å². The molecule has 0 spiro atoms. The van der Waals surface area contributed by atoms with Gasteiger partial charge in [-0.25, -0.2) is 13.1 Å². The molecule has 0 aliphatic carbocycles. The Balaban J connectivity index is 2.33. The Hall–Kier alpha value is -2.15. The van der Waals surface area contributed by atoms with Crippen molar-refractivity contribution in [2.24, 2.45) is 0 Å². The molecule has 2 heterocycles. The fourth-order valence-corrected chi connectivity index (χ4v) is 2.79. The molecule has 6 nitrogen and oxygen atoms in total. The van der Waals surface area contributed by atoms with Gasteiger partial charge in [-0.2, -0.15) is 0 Å². The van der Waals surface area contributed by atoms with E-state index in [9.17, 15) is 13.2 Å². The monoisotopic (exact) mass is 294 g/mol. The molecule has 0 unspecified atom stereocenters. The molecule has 20 heavy (non-hydrogen) atoms. The first kappa shape index (κ1) is 14.3. The molecule has 0 saturated heterocycles. The largest absolute Gasteiger partial charge is 0.466 e. The number of aromatic nitrogens is 1. The van der Waals surface area contributed by atoms with Crippen LogP contribution in [0.3, 0.4) is 0 Å². The summed E-state index contributed by atoms with van der Waals surface area (Å²) in [7, 11) is -3.94. The molecule has 0 radical (unpaired) electrons. The standard InChI is InChI=1S/C13H14N2O4S/c1-8-9(2)19-10(3)12(8)13(16)15-20(17,18)11-5-4-6-14-7-11/h4-7H,1-3H3,(H,15,16). The highest BCUT2D eigenvalue weighted by Crippen LogP contribution is 2.21. The van der Waals surface area contributed by atoms with E-state index in [1.165, 1.54) is 24.5 Å². The third-order valence-electron chi connectivity index (χ3n) is 2.96. The number of furan rings is 1. The van der Waals surface area contributed by atoms with Gasteiger partial charge in [0.1, 0.15) is 16.4 Å². The zero-order chi connectivity index (χ0) is 14.9. The maximum Gasteiger partial charge on any atom is 0.268 e. The summed E-state index contributed by atoms with van der Waals surface area (Å²) in [5.74, 6) is 0.269. The summed E-state index contributed by atoms with van der Waals surface area (Å²) in [4.78, 5) is 15.8. The third-order valence-corrected chi connectivity index (χ3v) is 4.28. The van der Waals surface area contributed by atoms with Crippen LogP contribution in [0.15, 0.2) is 33.8 Å². The topological polar surface area (TPSA) is 89.3 Å². The summed E-state index contributed by atoms with van der Waals surface area (Å²) in [6, 6.07) is 2.85. The lowest BCUT2D eigenvalue weighted by Crippen LogP contribution is -2.31. The number of sulfonamides is 1. The van der Waals surface area contributed by atoms with Crippen LogP contribution in [-0.4, -0.2) is 19.3 Å². The maximum absolute atomic E-state index is 12.1. The van der Waals surface area contributed by atoms with Crippen molar-refractivity contribution in [3.05, 3.63) is 47.2 Å². The van der Waals surface area contributed by atoms with Crippen LogP contribution in [0.1, 0.15) is 27.4 Å². The first-order valence-electron chi connectivity index (χ1n) is 5.86. The number of aryl methyl sites for hydroxylation is 2. The Morgan fingerprint density at radius 1 is 1.25 bits per heavy atom. The van der Waals surface area contributed by atoms with E-state index in [0.29, 0.717) is 17.1 Å². The SMILES string of the molecule is Cc1oc(C)c(C(=O)NS(=O)(=O)c2cccnc2)c1C. The lowest BCUT2D eigenvalue weighted by Gasteiger charge is -2.06. The van der Waals surface area contributed by atoms with Gasteiger partial charge in [0.2, 0.25) is 0 Å². The number of rotatable bonds is 3. The Morgan fingerprint density at radius 3 is 2.45 bits per heavy atom. The van der Waals surface area contributed by atoms with Crippen LogP contribution < -0.4 is 4.72 Å². The van der Waals surface area contributed by atoms with Gasteiger partial charge in [-0.3, -0.25) is 9.78 Å². The molecule has 1 amide bonds. The van der Waals surface area contributed by atoms with Crippen molar-refractivity contribution < 1.29 is 17.6 Å². The van der Waals surface area contributed by atoms with Crippen LogP contribution in [-0.2, 0) is 10.0 Å². The van der Waals surface area contributed by atoms with Crippen LogP contribution >= 0.6 is 0 Å². The summed E-state index contributed by atoms with van der Waals surface area (Å²) in [6.07, 6.45) is 2.63. The predicted octanol–water partition coefficient (Wildman–Crippen LogP) is 1.72. The minimum atomic E-state index is -3.94. The quantitative estimate of drug-likeness (QED) is 0.931. The molecular weight excluding hydrogens is 280 g/mol. The Bertz CT molecular complexity index is 748. The molecule has 1 N–H and O–H groups in total. The third kappa shape index (κ3) is 2.57. The molecule has 0 bridgehead atoms. The molecule has 0 aliphatic rings. The van der Waals surface area contributed by atoms with Crippen LogP contribution in [0.25, 0.3) is 0 Å². The van der Waals surface area contributed by atoms with Crippen LogP contribution in [0.5, 0.6) is 0 Å². The van der Waals surface area contributed by atoms with Gasteiger partial charge in [0.15, 0.2) is 0 Å². The van der Waals surface area contributed by atoms with E-state index in [2.05, 4.69) is 4.98 Å². The Labute approximate surface area is 116 Å². The molecule has 0 saturated carbocycles. The van der Waals surface area contributed by atoms with Gasteiger partial charge in [-0.1, -0.05) is 0 Å². The molecule has 2 aromatic rings. The lowest BCUT2D eigenvalue weighted by molar-refractivity contribution is 0.0979. The summed E-state index contributed by atoms with van der Waals surface area (Å²) >= 11 is 0. The van der Waals surface area contributed by atoms with Gasteiger partial charge in [-0.05, 0) is 32.9 Å². The number of carbonyl (C=O) groups is 1. The average Bonchev–Trinajstić information content (AvgIpc) is 2.63. The van der Waals surface area contributed by atoms with E-state index in [-0.39, 0.29) is 10.5 Å². The fourth-order valence-electron chi connectivity index (χ4n) is 1.87. The molecule has 0 aliphatic heterocycles. The van der Waals surface area contributed by atoms with E-state index in [1.807, 2.05) is 4.72 Å². The maximum atomic E-state index is 12.1. The number of carbonyl (C=O) groups excluding carboxylic acids is 1. The summed E-state index contributed by atoms with van der Waals surface area (Å²) in [5.41, 5.74) is 0.872. The highest BCUT2D eigenvalue weighted by Gasteiger charge is 2.24. The second kappa shape index (κ2) is 5.09. The van der Waals surface area contributed by atoms with Gasteiger partial charge in [0, 0.05) is 18.0 Å². The zero-order valence-corrected chi connectivity index (χ0v) is 12.1. The lowest BCUT2D eigenvalue weighted by atomic mass is 10.1. The van der Waals surface area contributed by atoms with Gasteiger partial charge < -0.3 is 4.42 Å². The number of hydrogen-bond donors (Lipinski definition) is 1. The molecule has 7 heteroatoms. The van der Waals surface area contributed by atoms with Gasteiger partial charge in [-0.15, -0.1) is 0 Å². The first-order valence-corrected chi connectivity index (χ1v) is 7.35. The van der Waals surface area contributed by atoms with E-state index in [1.54, 1.807) is 20.8 Å². The van der Waals surface area contributed by atoms with Crippen LogP contribution in [0.2, 0.25) is 0 Å². The molecule has 0 atom stereocenters. The molecule has 0 aromatic carbocycles. The average molecular weight is 294 g/mol. The Morgan fingerprint density at radius 2 is 1.95 bits per heavy atom. The number of amides is 1. The second-order valence-corrected chi connectivity index (χ2v) is 6.02. The second-order valence-electron chi connectivity index (χ2n) is 4.34. The van der Waals surface area contributed by atoms with E-state index in [0.717, 1.165) is 0 Å². The first-order chi connectivity index (χ1) is 9.33. The van der Waals surface area contributed by atoms with Gasteiger partial charge in [0.05, 0.1) is 5.56 Å². The van der Waals surface area contributed by atoms with E-state index < -0.39 is 15.9 Å². The van der Waals surface area contributed by atoms with Crippen LogP contribution in [0.4, 0.5) is 0 Å². The molecule has 0 fully saturated rings. The van der Waals surface area contributed by atoms with Crippen LogP contribution in [0, 0.1) is 20.8 Å². The van der Waals surface area contributed by atoms with Crippen molar-refractivity contribution in [1.29, 1.82) is 0 Å². The number of nitrogens with one attached hydrogen (secondary N) is 1. The summed E-state index contributed by atoms with van der Waals surface area (Å²) < 4.78 is 31.4. The summed E-state index contributed by atoms with van der Waals surface area (Å²) in [6.45, 7) is 5.04. The van der Waals surface area contributed by atoms with Crippen molar-refractivity contribution in [3.63, 3.8) is 0 Å². The molecular formula is C13H14N2O4S. The number of hydrogen-bond acceptors (Lipinski definition) is 5. The smallest absolute Gasteiger partial charge is 0.268 e. The fraction of sp³-hybridized carbons (Fsp3) is 0.231. The van der Waals surface area contributed by atoms with Crippen molar-refractivity contribution in [3.8, 4) is 0 Å². The van der Waals surface area contributed by atoms with Gasteiger partial charge in [0.25, 0.3) is 15.9 Å². The van der Waals surface area contributed by atoms with Crippen molar-refractivity contribution in [2.45, 2.75) is 25.7 Å². The molecule has 106 valence electrons. The highest BCUT2D eigenvalue weighted by molar-refractivity contribution is 7.90. The molecule has 2 aromatic heterocycles. The van der Waals surface area contributed by atoms with Crippen molar-refractivity contribution in [1.82, 2.24) is 9.71 Å². The number of pyridine rings is 1. The minimum absolute atomic E-state index is 0.0659. The predicted molar refractivity (Wildman–Crippen MR) is 71.8 cm³/mol. The minimum Gasteiger partial charge on any atom is -0.466 e. The van der Waals surface area contributed by atoms with Crippen molar-refractivity contribution >= 4 is 15.9 Å².